The molecule has 0 bridgehead atoms. The van der Waals surface area contributed by atoms with Gasteiger partial charge >= 0.3 is 11.9 Å². The maximum Gasteiger partial charge on any atom is 0.322 e. The van der Waals surface area contributed by atoms with Gasteiger partial charge in [0.25, 0.3) is 0 Å². The molecule has 2 atom stereocenters. The summed E-state index contributed by atoms with van der Waals surface area (Å²) in [7, 11) is 3.98. The van der Waals surface area contributed by atoms with E-state index in [1.54, 1.807) is 24.3 Å². The average Bonchev–Trinajstić information content (AvgIpc) is 2.61. The summed E-state index contributed by atoms with van der Waals surface area (Å²) in [5.74, 6) is -2.51. The highest BCUT2D eigenvalue weighted by Crippen LogP contribution is 2.33. The molecule has 1 aromatic carbocycles. The summed E-state index contributed by atoms with van der Waals surface area (Å²) < 4.78 is 14.8. The third kappa shape index (κ3) is 3.98. The molecular weight excluding hydrogens is 338 g/mol. The van der Waals surface area contributed by atoms with Crippen molar-refractivity contribution in [2.45, 2.75) is 25.2 Å². The Bertz CT molecular complexity index is 580. The van der Waals surface area contributed by atoms with Crippen LogP contribution in [-0.4, -0.2) is 45.6 Å². The Morgan fingerprint density at radius 2 is 1.88 bits per heavy atom. The molecule has 1 aromatic rings. The van der Waals surface area contributed by atoms with Crippen LogP contribution in [0.4, 0.5) is 5.69 Å². The number of anilines is 1. The maximum absolute atomic E-state index is 12.1. The van der Waals surface area contributed by atoms with E-state index in [2.05, 4.69) is 0 Å². The van der Waals surface area contributed by atoms with E-state index in [0.717, 1.165) is 0 Å². The second kappa shape index (κ2) is 8.32. The Morgan fingerprint density at radius 3 is 2.42 bits per heavy atom. The molecule has 1 saturated heterocycles. The monoisotopic (exact) mass is 357 g/mol. The standard InChI is InChI=1S/C16H20ClNO6/c1-21-13-8-7-12(14(15(19)22-2)16(20)23-3)18(24-13)11-6-4-5-10(17)9-11/h4-6,9,12-14H,7-8H2,1-3H3/t12-,13-/m1/s1. The van der Waals surface area contributed by atoms with Gasteiger partial charge in [0.2, 0.25) is 0 Å². The van der Waals surface area contributed by atoms with E-state index < -0.39 is 30.2 Å². The van der Waals surface area contributed by atoms with Gasteiger partial charge in [-0.1, -0.05) is 17.7 Å². The predicted molar refractivity (Wildman–Crippen MR) is 86.4 cm³/mol. The van der Waals surface area contributed by atoms with Crippen molar-refractivity contribution < 1.29 is 28.6 Å². The van der Waals surface area contributed by atoms with Gasteiger partial charge in [0.05, 0.1) is 25.9 Å². The molecular formula is C16H20ClNO6. The van der Waals surface area contributed by atoms with Crippen LogP contribution >= 0.6 is 11.6 Å². The largest absolute Gasteiger partial charge is 0.468 e. The molecule has 2 rings (SSSR count). The smallest absolute Gasteiger partial charge is 0.322 e. The van der Waals surface area contributed by atoms with Crippen LogP contribution in [0.5, 0.6) is 0 Å². The van der Waals surface area contributed by atoms with Crippen LogP contribution in [0.3, 0.4) is 0 Å². The summed E-state index contributed by atoms with van der Waals surface area (Å²) >= 11 is 6.04. The second-order valence-corrected chi connectivity index (χ2v) is 5.68. The highest BCUT2D eigenvalue weighted by Gasteiger charge is 2.44. The summed E-state index contributed by atoms with van der Waals surface area (Å²) in [6.45, 7) is 0. The van der Waals surface area contributed by atoms with Crippen molar-refractivity contribution in [3.8, 4) is 0 Å². The quantitative estimate of drug-likeness (QED) is 0.590. The van der Waals surface area contributed by atoms with Crippen molar-refractivity contribution in [3.05, 3.63) is 29.3 Å². The highest BCUT2D eigenvalue weighted by atomic mass is 35.5. The van der Waals surface area contributed by atoms with E-state index >= 15 is 0 Å². The van der Waals surface area contributed by atoms with Crippen LogP contribution in [0.1, 0.15) is 12.8 Å². The van der Waals surface area contributed by atoms with Crippen LogP contribution in [-0.2, 0) is 28.6 Å². The molecule has 0 saturated carbocycles. The number of hydrogen-bond donors (Lipinski definition) is 0. The average molecular weight is 358 g/mol. The first-order valence-corrected chi connectivity index (χ1v) is 7.79. The number of benzene rings is 1. The fourth-order valence-corrected chi connectivity index (χ4v) is 2.86. The zero-order chi connectivity index (χ0) is 17.7. The normalized spacial score (nSPS) is 20.8. The van der Waals surface area contributed by atoms with Crippen LogP contribution in [0.15, 0.2) is 24.3 Å². The molecule has 1 heterocycles. The van der Waals surface area contributed by atoms with Gasteiger partial charge in [-0.25, -0.2) is 9.90 Å². The molecule has 0 unspecified atom stereocenters. The molecule has 24 heavy (non-hydrogen) atoms. The van der Waals surface area contributed by atoms with Crippen molar-refractivity contribution in [1.82, 2.24) is 0 Å². The van der Waals surface area contributed by atoms with E-state index in [-0.39, 0.29) is 0 Å². The minimum Gasteiger partial charge on any atom is -0.468 e. The molecule has 1 aliphatic rings. The number of hydrogen-bond acceptors (Lipinski definition) is 7. The van der Waals surface area contributed by atoms with E-state index in [4.69, 9.17) is 30.6 Å². The number of halogens is 1. The third-order valence-corrected chi connectivity index (χ3v) is 4.09. The predicted octanol–water partition coefficient (Wildman–Crippen LogP) is 2.18. The Morgan fingerprint density at radius 1 is 1.21 bits per heavy atom. The van der Waals surface area contributed by atoms with Gasteiger partial charge in [-0.15, -0.1) is 0 Å². The lowest BCUT2D eigenvalue weighted by atomic mass is 9.93. The first kappa shape index (κ1) is 18.5. The van der Waals surface area contributed by atoms with Gasteiger partial charge in [0.1, 0.15) is 0 Å². The van der Waals surface area contributed by atoms with Crippen LogP contribution in [0, 0.1) is 5.92 Å². The number of hydroxylamine groups is 1. The molecule has 0 radical (unpaired) electrons. The zero-order valence-electron chi connectivity index (χ0n) is 13.7. The number of esters is 2. The van der Waals surface area contributed by atoms with E-state index in [0.29, 0.717) is 23.6 Å². The summed E-state index contributed by atoms with van der Waals surface area (Å²) in [6, 6.07) is 6.31. The molecule has 0 amide bonds. The van der Waals surface area contributed by atoms with E-state index in [1.165, 1.54) is 26.4 Å². The number of carbonyl (C=O) groups excluding carboxylic acids is 2. The summed E-state index contributed by atoms with van der Waals surface area (Å²) in [5.41, 5.74) is 0.604. The van der Waals surface area contributed by atoms with Crippen molar-refractivity contribution in [3.63, 3.8) is 0 Å². The van der Waals surface area contributed by atoms with E-state index in [9.17, 15) is 9.59 Å². The molecule has 1 aliphatic heterocycles. The van der Waals surface area contributed by atoms with Crippen molar-refractivity contribution in [2.75, 3.05) is 26.4 Å². The summed E-state index contributed by atoms with van der Waals surface area (Å²) in [6.07, 6.45) is 0.499. The number of rotatable bonds is 5. The molecule has 0 aliphatic carbocycles. The Labute approximate surface area is 145 Å². The van der Waals surface area contributed by atoms with Gasteiger partial charge < -0.3 is 14.2 Å². The number of nitrogens with zero attached hydrogens (tertiary/aromatic N) is 1. The Hall–Kier alpha value is -1.83. The molecule has 0 N–H and O–H groups in total. The number of ether oxygens (including phenoxy) is 3. The molecule has 0 aromatic heterocycles. The number of carbonyl (C=O) groups is 2. The van der Waals surface area contributed by atoms with Gasteiger partial charge in [-0.3, -0.25) is 9.59 Å². The Balaban J connectivity index is 2.39. The van der Waals surface area contributed by atoms with Gasteiger partial charge in [-0.05, 0) is 24.6 Å². The van der Waals surface area contributed by atoms with Crippen LogP contribution in [0.2, 0.25) is 5.02 Å². The minimum atomic E-state index is -1.14. The number of methoxy groups -OCH3 is 3. The lowest BCUT2D eigenvalue weighted by Gasteiger charge is -2.41. The molecule has 132 valence electrons. The second-order valence-electron chi connectivity index (χ2n) is 5.25. The van der Waals surface area contributed by atoms with E-state index in [1.807, 2.05) is 0 Å². The first-order valence-electron chi connectivity index (χ1n) is 7.41. The molecule has 7 nitrogen and oxygen atoms in total. The fourth-order valence-electron chi connectivity index (χ4n) is 2.67. The van der Waals surface area contributed by atoms with Gasteiger partial charge in [0.15, 0.2) is 12.2 Å². The third-order valence-electron chi connectivity index (χ3n) is 3.85. The fraction of sp³-hybridized carbons (Fsp3) is 0.500. The topological polar surface area (TPSA) is 74.3 Å². The summed E-state index contributed by atoms with van der Waals surface area (Å²) in [4.78, 5) is 30.1. The molecule has 0 spiro atoms. The zero-order valence-corrected chi connectivity index (χ0v) is 14.5. The SMILES string of the molecule is COC(=O)C(C(=O)OC)[C@H]1CC[C@H](OC)ON1c1cccc(Cl)c1. The van der Waals surface area contributed by atoms with Crippen molar-refractivity contribution in [2.24, 2.45) is 5.92 Å². The minimum absolute atomic E-state index is 0.472. The Kier molecular flexibility index (Phi) is 6.42. The van der Waals surface area contributed by atoms with Crippen molar-refractivity contribution in [1.29, 1.82) is 0 Å². The lowest BCUT2D eigenvalue weighted by molar-refractivity contribution is -0.181. The molecule has 1 fully saturated rings. The molecule has 8 heteroatoms. The maximum atomic E-state index is 12.1. The van der Waals surface area contributed by atoms with Crippen LogP contribution < -0.4 is 5.06 Å². The van der Waals surface area contributed by atoms with Crippen molar-refractivity contribution >= 4 is 29.2 Å². The lowest BCUT2D eigenvalue weighted by Crippen LogP contribution is -2.52. The van der Waals surface area contributed by atoms with Gasteiger partial charge in [0, 0.05) is 18.6 Å². The van der Waals surface area contributed by atoms with Gasteiger partial charge in [-0.2, -0.15) is 0 Å². The van der Waals surface area contributed by atoms with Crippen LogP contribution in [0.25, 0.3) is 0 Å². The first-order chi connectivity index (χ1) is 11.5. The summed E-state index contributed by atoms with van der Waals surface area (Å²) in [5, 5.41) is 1.98. The highest BCUT2D eigenvalue weighted by molar-refractivity contribution is 6.30.